The van der Waals surface area contributed by atoms with Gasteiger partial charge in [0.05, 0.1) is 5.69 Å². The molecule has 0 saturated carbocycles. The maximum atomic E-state index is 11.7. The van der Waals surface area contributed by atoms with Gasteiger partial charge in [-0.25, -0.2) is 0 Å². The van der Waals surface area contributed by atoms with E-state index in [9.17, 15) is 4.79 Å². The average molecular weight is 246 g/mol. The summed E-state index contributed by atoms with van der Waals surface area (Å²) in [7, 11) is 0. The molecule has 1 saturated heterocycles. The number of nitrogens with one attached hydrogen (secondary N) is 2. The van der Waals surface area contributed by atoms with E-state index in [0.29, 0.717) is 0 Å². The van der Waals surface area contributed by atoms with E-state index in [-0.39, 0.29) is 30.1 Å². The smallest absolute Gasteiger partial charge is 0.290 e. The zero-order valence-corrected chi connectivity index (χ0v) is 9.97. The molecule has 0 aromatic carbocycles. The second-order valence-corrected chi connectivity index (χ2v) is 3.85. The summed E-state index contributed by atoms with van der Waals surface area (Å²) in [5.74, 6) is 0.113. The van der Waals surface area contributed by atoms with Gasteiger partial charge in [-0.15, -0.1) is 12.4 Å². The number of amides is 1. The van der Waals surface area contributed by atoms with Gasteiger partial charge in [0, 0.05) is 18.7 Å². The molecule has 5 nitrogen and oxygen atoms in total. The fourth-order valence-electron chi connectivity index (χ4n) is 1.70. The highest BCUT2D eigenvalue weighted by Gasteiger charge is 2.18. The first-order valence-electron chi connectivity index (χ1n) is 5.20. The maximum Gasteiger partial charge on any atom is 0.290 e. The third-order valence-electron chi connectivity index (χ3n) is 2.48. The van der Waals surface area contributed by atoms with Gasteiger partial charge in [-0.1, -0.05) is 5.16 Å². The minimum Gasteiger partial charge on any atom is -0.351 e. The number of aryl methyl sites for hydroxylation is 1. The van der Waals surface area contributed by atoms with E-state index in [2.05, 4.69) is 15.8 Å². The third kappa shape index (κ3) is 3.21. The fraction of sp³-hybridized carbons (Fsp3) is 0.600. The summed E-state index contributed by atoms with van der Waals surface area (Å²) in [5, 5.41) is 9.83. The zero-order valence-electron chi connectivity index (χ0n) is 9.16. The highest BCUT2D eigenvalue weighted by atomic mass is 35.5. The lowest BCUT2D eigenvalue weighted by Gasteiger charge is -2.23. The van der Waals surface area contributed by atoms with Crippen LogP contribution in [-0.4, -0.2) is 30.2 Å². The minimum atomic E-state index is -0.177. The monoisotopic (exact) mass is 245 g/mol. The molecule has 2 heterocycles. The van der Waals surface area contributed by atoms with Crippen molar-refractivity contribution < 1.29 is 9.32 Å². The molecule has 2 N–H and O–H groups in total. The molecule has 1 aliphatic heterocycles. The Balaban J connectivity index is 0.00000128. The number of carbonyl (C=O) groups is 1. The summed E-state index contributed by atoms with van der Waals surface area (Å²) < 4.78 is 4.89. The van der Waals surface area contributed by atoms with Crippen LogP contribution < -0.4 is 10.6 Å². The van der Waals surface area contributed by atoms with Gasteiger partial charge in [-0.3, -0.25) is 4.79 Å². The number of carbonyl (C=O) groups excluding carboxylic acids is 1. The van der Waals surface area contributed by atoms with Crippen molar-refractivity contribution >= 4 is 18.3 Å². The predicted octanol–water partition coefficient (Wildman–Crippen LogP) is 0.887. The van der Waals surface area contributed by atoms with Gasteiger partial charge in [-0.2, -0.15) is 0 Å². The highest BCUT2D eigenvalue weighted by molar-refractivity contribution is 5.91. The summed E-state index contributed by atoms with van der Waals surface area (Å²) in [6.45, 7) is 3.66. The Morgan fingerprint density at radius 2 is 2.50 bits per heavy atom. The molecule has 1 atom stereocenters. The van der Waals surface area contributed by atoms with Crippen molar-refractivity contribution in [1.82, 2.24) is 15.8 Å². The van der Waals surface area contributed by atoms with E-state index in [1.54, 1.807) is 13.0 Å². The van der Waals surface area contributed by atoms with Gasteiger partial charge in [0.1, 0.15) is 0 Å². The molecule has 1 aromatic heterocycles. The second kappa shape index (κ2) is 5.86. The van der Waals surface area contributed by atoms with Crippen molar-refractivity contribution in [3.05, 3.63) is 17.5 Å². The number of halogens is 1. The summed E-state index contributed by atoms with van der Waals surface area (Å²) in [4.78, 5) is 11.7. The van der Waals surface area contributed by atoms with Crippen LogP contribution in [0, 0.1) is 6.92 Å². The number of hydrogen-bond acceptors (Lipinski definition) is 4. The molecule has 2 rings (SSSR count). The Kier molecular flexibility index (Phi) is 4.76. The fourth-order valence-corrected chi connectivity index (χ4v) is 1.70. The molecule has 1 fully saturated rings. The standard InChI is InChI=1S/C10H15N3O2.ClH/c1-7-5-9(15-13-7)10(14)12-8-3-2-4-11-6-8;/h5,8,11H,2-4,6H2,1H3,(H,12,14);1H/t8-;/m1./s1. The molecule has 0 unspecified atom stereocenters. The molecule has 1 amide bonds. The molecular formula is C10H16ClN3O2. The first kappa shape index (κ1) is 13.0. The Labute approximate surface area is 100 Å². The number of hydrogen-bond donors (Lipinski definition) is 2. The number of nitrogens with zero attached hydrogens (tertiary/aromatic N) is 1. The molecule has 90 valence electrons. The molecule has 0 aliphatic carbocycles. The van der Waals surface area contributed by atoms with Crippen LogP contribution >= 0.6 is 12.4 Å². The quantitative estimate of drug-likeness (QED) is 0.812. The van der Waals surface area contributed by atoms with Crippen LogP contribution in [0.1, 0.15) is 29.1 Å². The summed E-state index contributed by atoms with van der Waals surface area (Å²) in [6.07, 6.45) is 2.12. The number of rotatable bonds is 2. The normalized spacial score (nSPS) is 19.9. The van der Waals surface area contributed by atoms with E-state index in [4.69, 9.17) is 4.52 Å². The van der Waals surface area contributed by atoms with Crippen LogP contribution in [0.4, 0.5) is 0 Å². The van der Waals surface area contributed by atoms with E-state index >= 15 is 0 Å². The maximum absolute atomic E-state index is 11.7. The van der Waals surface area contributed by atoms with Crippen LogP contribution in [0.15, 0.2) is 10.6 Å². The lowest BCUT2D eigenvalue weighted by molar-refractivity contribution is 0.0893. The molecular weight excluding hydrogens is 230 g/mol. The summed E-state index contributed by atoms with van der Waals surface area (Å²) in [6, 6.07) is 1.85. The van der Waals surface area contributed by atoms with Crippen LogP contribution in [0.3, 0.4) is 0 Å². The largest absolute Gasteiger partial charge is 0.351 e. The minimum absolute atomic E-state index is 0. The predicted molar refractivity (Wildman–Crippen MR) is 61.8 cm³/mol. The van der Waals surface area contributed by atoms with Crippen molar-refractivity contribution in [2.24, 2.45) is 0 Å². The van der Waals surface area contributed by atoms with Crippen molar-refractivity contribution in [1.29, 1.82) is 0 Å². The van der Waals surface area contributed by atoms with E-state index in [0.717, 1.165) is 31.6 Å². The van der Waals surface area contributed by atoms with Crippen LogP contribution in [0.2, 0.25) is 0 Å². The molecule has 16 heavy (non-hydrogen) atoms. The van der Waals surface area contributed by atoms with E-state index in [1.807, 2.05) is 0 Å². The molecule has 0 radical (unpaired) electrons. The lowest BCUT2D eigenvalue weighted by Crippen LogP contribution is -2.45. The summed E-state index contributed by atoms with van der Waals surface area (Å²) in [5.41, 5.74) is 0.724. The number of piperidine rings is 1. The van der Waals surface area contributed by atoms with Gasteiger partial charge in [0.2, 0.25) is 5.76 Å². The Bertz CT molecular complexity index is 348. The molecule has 6 heteroatoms. The summed E-state index contributed by atoms with van der Waals surface area (Å²) >= 11 is 0. The first-order chi connectivity index (χ1) is 7.25. The topological polar surface area (TPSA) is 67.2 Å². The first-order valence-corrected chi connectivity index (χ1v) is 5.20. The van der Waals surface area contributed by atoms with Crippen molar-refractivity contribution in [3.8, 4) is 0 Å². The Morgan fingerprint density at radius 3 is 3.06 bits per heavy atom. The number of aromatic nitrogens is 1. The molecule has 1 aliphatic rings. The van der Waals surface area contributed by atoms with E-state index in [1.165, 1.54) is 0 Å². The van der Waals surface area contributed by atoms with Gasteiger partial charge in [0.15, 0.2) is 0 Å². The second-order valence-electron chi connectivity index (χ2n) is 3.85. The Hall–Kier alpha value is -1.07. The zero-order chi connectivity index (χ0) is 10.7. The van der Waals surface area contributed by atoms with Crippen LogP contribution in [0.25, 0.3) is 0 Å². The van der Waals surface area contributed by atoms with Crippen LogP contribution in [-0.2, 0) is 0 Å². The molecule has 1 aromatic rings. The van der Waals surface area contributed by atoms with E-state index < -0.39 is 0 Å². The molecule has 0 bridgehead atoms. The van der Waals surface area contributed by atoms with Gasteiger partial charge in [-0.05, 0) is 26.3 Å². The molecule has 0 spiro atoms. The highest BCUT2D eigenvalue weighted by Crippen LogP contribution is 2.05. The van der Waals surface area contributed by atoms with Gasteiger partial charge in [0.25, 0.3) is 5.91 Å². The SMILES string of the molecule is Cc1cc(C(=O)N[C@@H]2CCCNC2)on1.Cl. The van der Waals surface area contributed by atoms with Crippen molar-refractivity contribution in [2.45, 2.75) is 25.8 Å². The van der Waals surface area contributed by atoms with Crippen molar-refractivity contribution in [2.75, 3.05) is 13.1 Å². The van der Waals surface area contributed by atoms with Gasteiger partial charge < -0.3 is 15.2 Å². The lowest BCUT2D eigenvalue weighted by atomic mass is 10.1. The average Bonchev–Trinajstić information content (AvgIpc) is 2.66. The Morgan fingerprint density at radius 1 is 1.69 bits per heavy atom. The van der Waals surface area contributed by atoms with Crippen molar-refractivity contribution in [3.63, 3.8) is 0 Å². The van der Waals surface area contributed by atoms with Crippen LogP contribution in [0.5, 0.6) is 0 Å². The third-order valence-corrected chi connectivity index (χ3v) is 2.48. The van der Waals surface area contributed by atoms with Gasteiger partial charge >= 0.3 is 0 Å².